The van der Waals surface area contributed by atoms with Crippen LogP contribution in [0.4, 0.5) is 0 Å². The molecule has 0 aliphatic carbocycles. The zero-order chi connectivity index (χ0) is 15.5. The molecule has 0 spiro atoms. The van der Waals surface area contributed by atoms with Crippen LogP contribution < -0.4 is 5.32 Å². The van der Waals surface area contributed by atoms with E-state index < -0.39 is 17.9 Å². The molecule has 1 aliphatic rings. The first-order valence-corrected chi connectivity index (χ1v) is 7.76. The molecule has 0 aromatic heterocycles. The van der Waals surface area contributed by atoms with Gasteiger partial charge in [-0.2, -0.15) is 0 Å². The number of amides is 1. The number of carbonyl (C=O) groups is 3. The summed E-state index contributed by atoms with van der Waals surface area (Å²) >= 11 is 0. The van der Waals surface area contributed by atoms with E-state index in [2.05, 4.69) is 18.3 Å². The smallest absolute Gasteiger partial charge is 0.328 e. The van der Waals surface area contributed by atoms with E-state index in [1.807, 2.05) is 6.08 Å². The number of carbonyl (C=O) groups excluding carboxylic acids is 3. The third kappa shape index (κ3) is 7.63. The number of cyclic esters (lactones) is 1. The first kappa shape index (κ1) is 17.4. The largest absolute Gasteiger partial charge is 0.464 e. The number of allylic oxidation sites excluding steroid dienone is 2. The lowest BCUT2D eigenvalue weighted by Gasteiger charge is -2.07. The van der Waals surface area contributed by atoms with E-state index in [-0.39, 0.29) is 12.2 Å². The lowest BCUT2D eigenvalue weighted by Crippen LogP contribution is -2.38. The van der Waals surface area contributed by atoms with Gasteiger partial charge in [0.2, 0.25) is 5.91 Å². The summed E-state index contributed by atoms with van der Waals surface area (Å²) in [6.45, 7) is 2.50. The number of ether oxygens (including phenoxy) is 1. The molecule has 0 unspecified atom stereocenters. The predicted octanol–water partition coefficient (Wildman–Crippen LogP) is 2.29. The van der Waals surface area contributed by atoms with Gasteiger partial charge in [0.25, 0.3) is 0 Å². The molecule has 0 bridgehead atoms. The van der Waals surface area contributed by atoms with Crippen LogP contribution in [0, 0.1) is 0 Å². The Hall–Kier alpha value is -1.65. The van der Waals surface area contributed by atoms with Crippen molar-refractivity contribution in [1.29, 1.82) is 0 Å². The minimum atomic E-state index is -0.580. The van der Waals surface area contributed by atoms with E-state index in [1.54, 1.807) is 0 Å². The maximum absolute atomic E-state index is 11.6. The predicted molar refractivity (Wildman–Crippen MR) is 79.6 cm³/mol. The summed E-state index contributed by atoms with van der Waals surface area (Å²) in [5, 5.41) is 2.53. The monoisotopic (exact) mass is 295 g/mol. The van der Waals surface area contributed by atoms with Gasteiger partial charge in [0.15, 0.2) is 0 Å². The number of hydrogen-bond donors (Lipinski definition) is 1. The van der Waals surface area contributed by atoms with Crippen LogP contribution in [0.15, 0.2) is 12.2 Å². The van der Waals surface area contributed by atoms with Gasteiger partial charge in [-0.15, -0.1) is 0 Å². The summed E-state index contributed by atoms with van der Waals surface area (Å²) in [7, 11) is 0. The van der Waals surface area contributed by atoms with E-state index in [0.29, 0.717) is 25.9 Å². The van der Waals surface area contributed by atoms with Crippen LogP contribution in [0.2, 0.25) is 0 Å². The van der Waals surface area contributed by atoms with Crippen LogP contribution in [-0.4, -0.2) is 30.3 Å². The number of rotatable bonds is 10. The Balaban J connectivity index is 2.09. The number of unbranched alkanes of at least 4 members (excludes halogenated alkanes) is 3. The van der Waals surface area contributed by atoms with Crippen molar-refractivity contribution in [1.82, 2.24) is 5.32 Å². The maximum Gasteiger partial charge on any atom is 0.328 e. The van der Waals surface area contributed by atoms with Crippen LogP contribution in [0.5, 0.6) is 0 Å². The molecule has 21 heavy (non-hydrogen) atoms. The zero-order valence-corrected chi connectivity index (χ0v) is 12.7. The van der Waals surface area contributed by atoms with E-state index in [0.717, 1.165) is 6.42 Å². The molecule has 0 saturated carbocycles. The highest BCUT2D eigenvalue weighted by Crippen LogP contribution is 2.06. The fourth-order valence-electron chi connectivity index (χ4n) is 2.13. The van der Waals surface area contributed by atoms with Crippen LogP contribution >= 0.6 is 0 Å². The van der Waals surface area contributed by atoms with Gasteiger partial charge in [-0.3, -0.25) is 9.59 Å². The molecule has 118 valence electrons. The Bertz CT molecular complexity index is 390. The van der Waals surface area contributed by atoms with Crippen molar-refractivity contribution >= 4 is 17.7 Å². The first-order chi connectivity index (χ1) is 10.1. The van der Waals surface area contributed by atoms with Crippen LogP contribution in [0.1, 0.15) is 58.3 Å². The van der Waals surface area contributed by atoms with Crippen molar-refractivity contribution in [2.24, 2.45) is 0 Å². The zero-order valence-electron chi connectivity index (χ0n) is 12.7. The number of nitrogens with one attached hydrogen (secondary N) is 1. The van der Waals surface area contributed by atoms with Crippen molar-refractivity contribution < 1.29 is 19.1 Å². The third-order valence-electron chi connectivity index (χ3n) is 3.36. The number of Topliss-reactive ketones (excluding diaryl/α,β-unsaturated/α-hetero) is 1. The molecule has 5 heteroatoms. The van der Waals surface area contributed by atoms with Gasteiger partial charge in [-0.1, -0.05) is 31.9 Å². The Labute approximate surface area is 126 Å². The molecular formula is C16H25NO4. The van der Waals surface area contributed by atoms with Gasteiger partial charge in [-0.05, 0) is 19.3 Å². The SMILES string of the molecule is CCCCC/C=C/CCC(=O)CC(=O)N[C@H]1CCOC1=O. The molecule has 1 rings (SSSR count). The van der Waals surface area contributed by atoms with Crippen LogP contribution in [0.25, 0.3) is 0 Å². The Morgan fingerprint density at radius 2 is 2.05 bits per heavy atom. The lowest BCUT2D eigenvalue weighted by atomic mass is 10.1. The molecule has 0 aromatic carbocycles. The number of ketones is 1. The summed E-state index contributed by atoms with van der Waals surface area (Å²) in [5.41, 5.74) is 0. The quantitative estimate of drug-likeness (QED) is 0.290. The van der Waals surface area contributed by atoms with Gasteiger partial charge >= 0.3 is 5.97 Å². The molecule has 0 aromatic rings. The van der Waals surface area contributed by atoms with Gasteiger partial charge in [0.05, 0.1) is 13.0 Å². The minimum Gasteiger partial charge on any atom is -0.464 e. The summed E-state index contributed by atoms with van der Waals surface area (Å²) in [5.74, 6) is -0.904. The molecule has 0 radical (unpaired) electrons. The highest BCUT2D eigenvalue weighted by atomic mass is 16.5. The summed E-state index contributed by atoms with van der Waals surface area (Å²) in [6.07, 6.45) is 10.1. The Morgan fingerprint density at radius 3 is 2.71 bits per heavy atom. The third-order valence-corrected chi connectivity index (χ3v) is 3.36. The molecule has 1 fully saturated rings. The standard InChI is InChI=1S/C16H25NO4/c1-2-3-4-5-6-7-8-9-13(18)12-15(19)17-14-10-11-21-16(14)20/h6-7,14H,2-5,8-12H2,1H3,(H,17,19)/b7-6+/t14-/m0/s1. The van der Waals surface area contributed by atoms with Gasteiger partial charge in [0.1, 0.15) is 11.8 Å². The van der Waals surface area contributed by atoms with E-state index in [9.17, 15) is 14.4 Å². The van der Waals surface area contributed by atoms with E-state index >= 15 is 0 Å². The highest BCUT2D eigenvalue weighted by molar-refractivity contribution is 5.99. The van der Waals surface area contributed by atoms with Crippen LogP contribution in [-0.2, 0) is 19.1 Å². The van der Waals surface area contributed by atoms with Gasteiger partial charge < -0.3 is 10.1 Å². The number of hydrogen-bond acceptors (Lipinski definition) is 4. The molecule has 1 heterocycles. The molecule has 1 amide bonds. The average Bonchev–Trinajstić information content (AvgIpc) is 2.83. The topological polar surface area (TPSA) is 72.5 Å². The maximum atomic E-state index is 11.6. The average molecular weight is 295 g/mol. The van der Waals surface area contributed by atoms with Gasteiger partial charge in [0, 0.05) is 12.8 Å². The second kappa shape index (κ2) is 10.1. The molecule has 5 nitrogen and oxygen atoms in total. The Morgan fingerprint density at radius 1 is 1.29 bits per heavy atom. The molecule has 1 atom stereocenters. The highest BCUT2D eigenvalue weighted by Gasteiger charge is 2.28. The minimum absolute atomic E-state index is 0.0999. The fourth-order valence-corrected chi connectivity index (χ4v) is 2.13. The van der Waals surface area contributed by atoms with Crippen molar-refractivity contribution in [3.8, 4) is 0 Å². The normalized spacial score (nSPS) is 18.0. The second-order valence-electron chi connectivity index (χ2n) is 5.30. The molecule has 1 saturated heterocycles. The summed E-state index contributed by atoms with van der Waals surface area (Å²) in [4.78, 5) is 34.4. The molecule has 1 N–H and O–H groups in total. The van der Waals surface area contributed by atoms with Crippen molar-refractivity contribution in [2.75, 3.05) is 6.61 Å². The van der Waals surface area contributed by atoms with Crippen molar-refractivity contribution in [2.45, 2.75) is 64.3 Å². The summed E-state index contributed by atoms with van der Waals surface area (Å²) < 4.78 is 4.74. The number of esters is 1. The Kier molecular flexibility index (Phi) is 8.40. The van der Waals surface area contributed by atoms with Crippen molar-refractivity contribution in [3.05, 3.63) is 12.2 Å². The van der Waals surface area contributed by atoms with Gasteiger partial charge in [-0.25, -0.2) is 4.79 Å². The van der Waals surface area contributed by atoms with E-state index in [4.69, 9.17) is 4.74 Å². The molecule has 1 aliphatic heterocycles. The first-order valence-electron chi connectivity index (χ1n) is 7.76. The van der Waals surface area contributed by atoms with E-state index in [1.165, 1.54) is 19.3 Å². The second-order valence-corrected chi connectivity index (χ2v) is 5.30. The molecular weight excluding hydrogens is 270 g/mol. The summed E-state index contributed by atoms with van der Waals surface area (Å²) in [6, 6.07) is -0.580. The van der Waals surface area contributed by atoms with Crippen LogP contribution in [0.3, 0.4) is 0 Å². The lowest BCUT2D eigenvalue weighted by molar-refractivity contribution is -0.142. The van der Waals surface area contributed by atoms with Crippen molar-refractivity contribution in [3.63, 3.8) is 0 Å². The fraction of sp³-hybridized carbons (Fsp3) is 0.688.